The average Bonchev–Trinajstić information content (AvgIpc) is 2.32. The maximum atomic E-state index is 13.3. The Morgan fingerprint density at radius 2 is 1.94 bits per heavy atom. The number of aliphatic imine (C=N–C) groups is 1. The first kappa shape index (κ1) is 11.6. The minimum Gasteiger partial charge on any atom is -0.398 e. The highest BCUT2D eigenvalue weighted by atomic mass is 35.5. The van der Waals surface area contributed by atoms with Crippen LogP contribution in [0.15, 0.2) is 47.5 Å². The third-order valence-corrected chi connectivity index (χ3v) is 2.48. The molecule has 0 saturated carbocycles. The molecule has 17 heavy (non-hydrogen) atoms. The van der Waals surface area contributed by atoms with E-state index in [1.807, 2.05) is 0 Å². The molecule has 2 aromatic rings. The zero-order chi connectivity index (χ0) is 12.3. The summed E-state index contributed by atoms with van der Waals surface area (Å²) in [6, 6.07) is 11.3. The van der Waals surface area contributed by atoms with Gasteiger partial charge in [0.2, 0.25) is 0 Å². The average molecular weight is 249 g/mol. The van der Waals surface area contributed by atoms with E-state index in [1.165, 1.54) is 12.3 Å². The molecule has 86 valence electrons. The van der Waals surface area contributed by atoms with Crippen LogP contribution in [0.3, 0.4) is 0 Å². The molecule has 0 atom stereocenters. The molecule has 0 radical (unpaired) electrons. The number of hydrogen-bond acceptors (Lipinski definition) is 2. The lowest BCUT2D eigenvalue weighted by molar-refractivity contribution is 0.630. The molecule has 0 bridgehead atoms. The van der Waals surface area contributed by atoms with E-state index in [-0.39, 0.29) is 11.5 Å². The smallest absolute Gasteiger partial charge is 0.148 e. The minimum absolute atomic E-state index is 0.270. The standard InChI is InChI=1S/C13H10ClFN2/c14-10-5-6-12(16)9(7-10)8-17-13-4-2-1-3-11(13)15/h1-8H,16H2. The van der Waals surface area contributed by atoms with Crippen LogP contribution in [0.25, 0.3) is 0 Å². The number of nitrogens with two attached hydrogens (primary N) is 1. The number of hydrogen-bond donors (Lipinski definition) is 1. The largest absolute Gasteiger partial charge is 0.398 e. The maximum absolute atomic E-state index is 13.3. The molecule has 2 N–H and O–H groups in total. The second kappa shape index (κ2) is 4.97. The van der Waals surface area contributed by atoms with Crippen LogP contribution >= 0.6 is 11.6 Å². The molecule has 0 fully saturated rings. The van der Waals surface area contributed by atoms with Gasteiger partial charge in [-0.3, -0.25) is 4.99 Å². The Labute approximate surface area is 104 Å². The normalized spacial score (nSPS) is 10.9. The van der Waals surface area contributed by atoms with Crippen molar-refractivity contribution in [1.82, 2.24) is 0 Å². The van der Waals surface area contributed by atoms with Crippen LogP contribution in [0.1, 0.15) is 5.56 Å². The van der Waals surface area contributed by atoms with Gasteiger partial charge in [-0.1, -0.05) is 23.7 Å². The predicted octanol–water partition coefficient (Wildman–Crippen LogP) is 3.81. The van der Waals surface area contributed by atoms with Crippen LogP contribution in [0, 0.1) is 5.82 Å². The first-order chi connectivity index (χ1) is 8.16. The van der Waals surface area contributed by atoms with Gasteiger partial charge in [0.25, 0.3) is 0 Å². The van der Waals surface area contributed by atoms with Gasteiger partial charge in [0.05, 0.1) is 5.69 Å². The molecule has 0 saturated heterocycles. The molecule has 2 rings (SSSR count). The lowest BCUT2D eigenvalue weighted by Crippen LogP contribution is -1.92. The third kappa shape index (κ3) is 2.82. The number of rotatable bonds is 2. The van der Waals surface area contributed by atoms with Crippen LogP contribution in [0.2, 0.25) is 5.02 Å². The summed E-state index contributed by atoms with van der Waals surface area (Å²) in [6.45, 7) is 0. The van der Waals surface area contributed by atoms with Gasteiger partial charge in [-0.05, 0) is 30.3 Å². The Morgan fingerprint density at radius 1 is 1.18 bits per heavy atom. The summed E-state index contributed by atoms with van der Waals surface area (Å²) in [5, 5.41) is 0.564. The summed E-state index contributed by atoms with van der Waals surface area (Å²) in [7, 11) is 0. The van der Waals surface area contributed by atoms with Gasteiger partial charge >= 0.3 is 0 Å². The van der Waals surface area contributed by atoms with Crippen LogP contribution in [-0.4, -0.2) is 6.21 Å². The maximum Gasteiger partial charge on any atom is 0.148 e. The number of nitrogen functional groups attached to an aromatic ring is 1. The van der Waals surface area contributed by atoms with E-state index in [1.54, 1.807) is 36.4 Å². The van der Waals surface area contributed by atoms with Crippen molar-refractivity contribution in [2.24, 2.45) is 4.99 Å². The number of benzene rings is 2. The van der Waals surface area contributed by atoms with Crippen molar-refractivity contribution in [2.45, 2.75) is 0 Å². The summed E-state index contributed by atoms with van der Waals surface area (Å²) in [4.78, 5) is 4.04. The van der Waals surface area contributed by atoms with E-state index in [0.29, 0.717) is 16.3 Å². The molecule has 2 aromatic carbocycles. The third-order valence-electron chi connectivity index (χ3n) is 2.24. The quantitative estimate of drug-likeness (QED) is 0.637. The van der Waals surface area contributed by atoms with Gasteiger partial charge in [-0.25, -0.2) is 4.39 Å². The summed E-state index contributed by atoms with van der Waals surface area (Å²) in [5.74, 6) is -0.371. The van der Waals surface area contributed by atoms with E-state index in [9.17, 15) is 4.39 Å². The number of halogens is 2. The monoisotopic (exact) mass is 248 g/mol. The molecule has 2 nitrogen and oxygen atoms in total. The summed E-state index contributed by atoms with van der Waals surface area (Å²) in [5.41, 5.74) is 7.24. The Hall–Kier alpha value is -1.87. The van der Waals surface area contributed by atoms with Gasteiger partial charge in [-0.2, -0.15) is 0 Å². The van der Waals surface area contributed by atoms with Gasteiger partial charge in [-0.15, -0.1) is 0 Å². The molecule has 0 aliphatic rings. The van der Waals surface area contributed by atoms with Crippen LogP contribution in [0.5, 0.6) is 0 Å². The van der Waals surface area contributed by atoms with E-state index >= 15 is 0 Å². The van der Waals surface area contributed by atoms with Crippen molar-refractivity contribution in [3.63, 3.8) is 0 Å². The minimum atomic E-state index is -0.371. The molecule has 0 spiro atoms. The van der Waals surface area contributed by atoms with Crippen LogP contribution in [0.4, 0.5) is 15.8 Å². The summed E-state index contributed by atoms with van der Waals surface area (Å²) in [6.07, 6.45) is 1.50. The van der Waals surface area contributed by atoms with E-state index in [4.69, 9.17) is 17.3 Å². The van der Waals surface area contributed by atoms with E-state index in [2.05, 4.69) is 4.99 Å². The van der Waals surface area contributed by atoms with Gasteiger partial charge in [0.1, 0.15) is 5.82 Å². The van der Waals surface area contributed by atoms with E-state index < -0.39 is 0 Å². The Bertz CT molecular complexity index is 567. The molecule has 0 aromatic heterocycles. The molecular weight excluding hydrogens is 239 g/mol. The molecule has 0 amide bonds. The lowest BCUT2D eigenvalue weighted by atomic mass is 10.2. The first-order valence-corrected chi connectivity index (χ1v) is 5.38. The summed E-state index contributed by atoms with van der Waals surface area (Å²) < 4.78 is 13.3. The number of nitrogens with zero attached hydrogens (tertiary/aromatic N) is 1. The molecular formula is C13H10ClFN2. The van der Waals surface area contributed by atoms with Crippen molar-refractivity contribution in [2.75, 3.05) is 5.73 Å². The Balaban J connectivity index is 2.32. The van der Waals surface area contributed by atoms with Gasteiger partial charge in [0, 0.05) is 22.5 Å². The second-order valence-electron chi connectivity index (χ2n) is 3.48. The fourth-order valence-corrected chi connectivity index (χ4v) is 1.53. The van der Waals surface area contributed by atoms with Gasteiger partial charge in [0.15, 0.2) is 0 Å². The number of para-hydroxylation sites is 1. The molecule has 0 heterocycles. The van der Waals surface area contributed by atoms with Crippen molar-refractivity contribution >= 4 is 29.2 Å². The van der Waals surface area contributed by atoms with Gasteiger partial charge < -0.3 is 5.73 Å². The topological polar surface area (TPSA) is 38.4 Å². The summed E-state index contributed by atoms with van der Waals surface area (Å²) >= 11 is 5.84. The second-order valence-corrected chi connectivity index (χ2v) is 3.92. The fourth-order valence-electron chi connectivity index (χ4n) is 1.35. The first-order valence-electron chi connectivity index (χ1n) is 5.00. The van der Waals surface area contributed by atoms with Crippen LogP contribution < -0.4 is 5.73 Å². The number of anilines is 1. The van der Waals surface area contributed by atoms with Crippen molar-refractivity contribution in [1.29, 1.82) is 0 Å². The molecule has 4 heteroatoms. The molecule has 0 unspecified atom stereocenters. The Kier molecular flexibility index (Phi) is 3.40. The highest BCUT2D eigenvalue weighted by Gasteiger charge is 1.99. The lowest BCUT2D eigenvalue weighted by Gasteiger charge is -2.00. The van der Waals surface area contributed by atoms with Crippen molar-refractivity contribution in [3.05, 3.63) is 58.9 Å². The van der Waals surface area contributed by atoms with Crippen molar-refractivity contribution in [3.8, 4) is 0 Å². The molecule has 0 aliphatic heterocycles. The Morgan fingerprint density at radius 3 is 2.71 bits per heavy atom. The highest BCUT2D eigenvalue weighted by molar-refractivity contribution is 6.31. The predicted molar refractivity (Wildman–Crippen MR) is 69.5 cm³/mol. The zero-order valence-corrected chi connectivity index (χ0v) is 9.66. The highest BCUT2D eigenvalue weighted by Crippen LogP contribution is 2.19. The fraction of sp³-hybridized carbons (Fsp3) is 0. The van der Waals surface area contributed by atoms with E-state index in [0.717, 1.165) is 0 Å². The zero-order valence-electron chi connectivity index (χ0n) is 8.90. The van der Waals surface area contributed by atoms with Crippen LogP contribution in [-0.2, 0) is 0 Å². The SMILES string of the molecule is Nc1ccc(Cl)cc1C=Nc1ccccc1F. The van der Waals surface area contributed by atoms with Crippen molar-refractivity contribution < 1.29 is 4.39 Å². The molecule has 0 aliphatic carbocycles.